The summed E-state index contributed by atoms with van der Waals surface area (Å²) in [6.07, 6.45) is 6.03. The summed E-state index contributed by atoms with van der Waals surface area (Å²) in [5, 5.41) is 3.05. The summed E-state index contributed by atoms with van der Waals surface area (Å²) >= 11 is 0. The van der Waals surface area contributed by atoms with Gasteiger partial charge in [-0.25, -0.2) is 0 Å². The van der Waals surface area contributed by atoms with E-state index in [0.29, 0.717) is 17.0 Å². The SMILES string of the molecule is CCC1(CNC(=O)c2c(N)cccc2OC)CCCC1. The largest absolute Gasteiger partial charge is 0.496 e. The maximum absolute atomic E-state index is 12.4. The Kier molecular flexibility index (Phi) is 4.53. The highest BCUT2D eigenvalue weighted by molar-refractivity contribution is 6.01. The molecule has 0 spiro atoms. The Bertz CT molecular complexity index is 479. The molecular weight excluding hydrogens is 252 g/mol. The van der Waals surface area contributed by atoms with Gasteiger partial charge in [-0.2, -0.15) is 0 Å². The van der Waals surface area contributed by atoms with Gasteiger partial charge in [0.05, 0.1) is 7.11 Å². The fourth-order valence-corrected chi connectivity index (χ4v) is 3.10. The van der Waals surface area contributed by atoms with Crippen LogP contribution in [0.2, 0.25) is 0 Å². The summed E-state index contributed by atoms with van der Waals surface area (Å²) in [6, 6.07) is 5.27. The van der Waals surface area contributed by atoms with Crippen LogP contribution in [0.15, 0.2) is 18.2 Å². The third-order valence-corrected chi connectivity index (χ3v) is 4.54. The molecule has 2 rings (SSSR count). The highest BCUT2D eigenvalue weighted by Crippen LogP contribution is 2.40. The van der Waals surface area contributed by atoms with Crippen LogP contribution in [0.1, 0.15) is 49.4 Å². The van der Waals surface area contributed by atoms with Crippen molar-refractivity contribution < 1.29 is 9.53 Å². The third-order valence-electron chi connectivity index (χ3n) is 4.54. The summed E-state index contributed by atoms with van der Waals surface area (Å²) in [6.45, 7) is 2.93. The zero-order chi connectivity index (χ0) is 14.6. The molecule has 20 heavy (non-hydrogen) atoms. The molecule has 0 atom stereocenters. The Labute approximate surface area is 120 Å². The molecule has 1 amide bonds. The number of carbonyl (C=O) groups is 1. The van der Waals surface area contributed by atoms with E-state index in [1.54, 1.807) is 25.3 Å². The molecule has 0 heterocycles. The molecule has 0 bridgehead atoms. The second-order valence-corrected chi connectivity index (χ2v) is 5.67. The van der Waals surface area contributed by atoms with Crippen molar-refractivity contribution in [2.24, 2.45) is 5.41 Å². The van der Waals surface area contributed by atoms with Crippen molar-refractivity contribution in [2.45, 2.75) is 39.0 Å². The second kappa shape index (κ2) is 6.16. The van der Waals surface area contributed by atoms with Crippen molar-refractivity contribution in [2.75, 3.05) is 19.4 Å². The fourth-order valence-electron chi connectivity index (χ4n) is 3.10. The molecule has 3 N–H and O–H groups in total. The molecule has 4 heteroatoms. The van der Waals surface area contributed by atoms with Gasteiger partial charge in [0.15, 0.2) is 0 Å². The van der Waals surface area contributed by atoms with Crippen molar-refractivity contribution >= 4 is 11.6 Å². The number of amides is 1. The van der Waals surface area contributed by atoms with Gasteiger partial charge in [-0.3, -0.25) is 4.79 Å². The minimum absolute atomic E-state index is 0.139. The van der Waals surface area contributed by atoms with Crippen molar-refractivity contribution in [1.29, 1.82) is 0 Å². The van der Waals surface area contributed by atoms with Gasteiger partial charge in [0.2, 0.25) is 0 Å². The van der Waals surface area contributed by atoms with Gasteiger partial charge in [0.25, 0.3) is 5.91 Å². The molecule has 1 saturated carbocycles. The Hall–Kier alpha value is -1.71. The third kappa shape index (κ3) is 2.89. The topological polar surface area (TPSA) is 64.4 Å². The first-order chi connectivity index (χ1) is 9.62. The highest BCUT2D eigenvalue weighted by Gasteiger charge is 2.32. The molecule has 0 radical (unpaired) electrons. The number of benzene rings is 1. The van der Waals surface area contributed by atoms with Crippen LogP contribution in [0, 0.1) is 5.41 Å². The van der Waals surface area contributed by atoms with Crippen LogP contribution in [0.3, 0.4) is 0 Å². The highest BCUT2D eigenvalue weighted by atomic mass is 16.5. The smallest absolute Gasteiger partial charge is 0.257 e. The molecule has 0 aliphatic heterocycles. The van der Waals surface area contributed by atoms with Crippen LogP contribution >= 0.6 is 0 Å². The van der Waals surface area contributed by atoms with Gasteiger partial charge in [0.1, 0.15) is 11.3 Å². The number of anilines is 1. The molecular formula is C16H24N2O2. The summed E-state index contributed by atoms with van der Waals surface area (Å²) < 4.78 is 5.23. The molecule has 110 valence electrons. The molecule has 1 fully saturated rings. The molecule has 4 nitrogen and oxygen atoms in total. The normalized spacial score (nSPS) is 16.9. The lowest BCUT2D eigenvalue weighted by molar-refractivity contribution is 0.0926. The van der Waals surface area contributed by atoms with Crippen molar-refractivity contribution in [1.82, 2.24) is 5.32 Å². The van der Waals surface area contributed by atoms with E-state index < -0.39 is 0 Å². The van der Waals surface area contributed by atoms with E-state index in [-0.39, 0.29) is 11.3 Å². The Morgan fingerprint density at radius 2 is 2.10 bits per heavy atom. The quantitative estimate of drug-likeness (QED) is 0.813. The molecule has 0 saturated heterocycles. The Morgan fingerprint density at radius 1 is 1.40 bits per heavy atom. The summed E-state index contributed by atoms with van der Waals surface area (Å²) in [5.74, 6) is 0.388. The predicted octanol–water partition coefficient (Wildman–Crippen LogP) is 2.98. The minimum Gasteiger partial charge on any atom is -0.496 e. The Balaban J connectivity index is 2.09. The minimum atomic E-state index is -0.139. The molecule has 0 unspecified atom stereocenters. The average molecular weight is 276 g/mol. The van der Waals surface area contributed by atoms with Crippen LogP contribution in [0.5, 0.6) is 5.75 Å². The van der Waals surface area contributed by atoms with E-state index in [1.165, 1.54) is 25.7 Å². The van der Waals surface area contributed by atoms with E-state index in [1.807, 2.05) is 0 Å². The average Bonchev–Trinajstić information content (AvgIpc) is 2.94. The summed E-state index contributed by atoms with van der Waals surface area (Å²) in [7, 11) is 1.55. The molecule has 1 aromatic rings. The zero-order valence-electron chi connectivity index (χ0n) is 12.4. The van der Waals surface area contributed by atoms with E-state index >= 15 is 0 Å². The van der Waals surface area contributed by atoms with Crippen molar-refractivity contribution in [3.8, 4) is 5.75 Å². The van der Waals surface area contributed by atoms with E-state index in [2.05, 4.69) is 12.2 Å². The maximum atomic E-state index is 12.4. The number of nitrogen functional groups attached to an aromatic ring is 1. The van der Waals surface area contributed by atoms with Gasteiger partial charge < -0.3 is 15.8 Å². The van der Waals surface area contributed by atoms with E-state index in [0.717, 1.165) is 13.0 Å². The van der Waals surface area contributed by atoms with Crippen LogP contribution in [0.25, 0.3) is 0 Å². The standard InChI is InChI=1S/C16H24N2O2/c1-3-16(9-4-5-10-16)11-18-15(19)14-12(17)7-6-8-13(14)20-2/h6-8H,3-5,9-11,17H2,1-2H3,(H,18,19). The lowest BCUT2D eigenvalue weighted by Crippen LogP contribution is -2.36. The van der Waals surface area contributed by atoms with E-state index in [9.17, 15) is 4.79 Å². The lowest BCUT2D eigenvalue weighted by atomic mass is 9.83. The first-order valence-corrected chi connectivity index (χ1v) is 7.32. The van der Waals surface area contributed by atoms with Crippen LogP contribution in [0.4, 0.5) is 5.69 Å². The number of rotatable bonds is 5. The van der Waals surface area contributed by atoms with Crippen molar-refractivity contribution in [3.05, 3.63) is 23.8 Å². The van der Waals surface area contributed by atoms with Gasteiger partial charge in [-0.1, -0.05) is 25.8 Å². The number of carbonyl (C=O) groups excluding carboxylic acids is 1. The lowest BCUT2D eigenvalue weighted by Gasteiger charge is -2.27. The number of ether oxygens (including phenoxy) is 1. The molecule has 1 aliphatic rings. The number of nitrogens with one attached hydrogen (secondary N) is 1. The predicted molar refractivity (Wildman–Crippen MR) is 80.9 cm³/mol. The number of hydrogen-bond acceptors (Lipinski definition) is 3. The summed E-state index contributed by atoms with van der Waals surface area (Å²) in [5.41, 5.74) is 7.08. The fraction of sp³-hybridized carbons (Fsp3) is 0.562. The van der Waals surface area contributed by atoms with Crippen LogP contribution in [-0.4, -0.2) is 19.6 Å². The maximum Gasteiger partial charge on any atom is 0.257 e. The van der Waals surface area contributed by atoms with E-state index in [4.69, 9.17) is 10.5 Å². The first-order valence-electron chi connectivity index (χ1n) is 7.32. The second-order valence-electron chi connectivity index (χ2n) is 5.67. The molecule has 1 aromatic carbocycles. The molecule has 0 aromatic heterocycles. The van der Waals surface area contributed by atoms with Crippen molar-refractivity contribution in [3.63, 3.8) is 0 Å². The van der Waals surface area contributed by atoms with Crippen LogP contribution in [-0.2, 0) is 0 Å². The number of nitrogens with two attached hydrogens (primary N) is 1. The van der Waals surface area contributed by atoms with Gasteiger partial charge in [0, 0.05) is 12.2 Å². The number of methoxy groups -OCH3 is 1. The zero-order valence-corrected chi connectivity index (χ0v) is 12.4. The van der Waals surface area contributed by atoms with Gasteiger partial charge >= 0.3 is 0 Å². The monoisotopic (exact) mass is 276 g/mol. The molecule has 1 aliphatic carbocycles. The number of hydrogen-bond donors (Lipinski definition) is 2. The van der Waals surface area contributed by atoms with Crippen LogP contribution < -0.4 is 15.8 Å². The summed E-state index contributed by atoms with van der Waals surface area (Å²) in [4.78, 5) is 12.4. The first kappa shape index (κ1) is 14.7. The van der Waals surface area contributed by atoms with Gasteiger partial charge in [-0.05, 0) is 36.8 Å². The Morgan fingerprint density at radius 3 is 2.70 bits per heavy atom. The van der Waals surface area contributed by atoms with Gasteiger partial charge in [-0.15, -0.1) is 0 Å².